The summed E-state index contributed by atoms with van der Waals surface area (Å²) in [6, 6.07) is 5.38. The predicted molar refractivity (Wildman–Crippen MR) is 61.5 cm³/mol. The van der Waals surface area contributed by atoms with Gasteiger partial charge in [-0.05, 0) is 17.5 Å². The number of hydrogen-bond acceptors (Lipinski definition) is 3. The zero-order chi connectivity index (χ0) is 13.1. The molecule has 0 aromatic heterocycles. The highest BCUT2D eigenvalue weighted by molar-refractivity contribution is 7.50. The van der Waals surface area contributed by atoms with E-state index in [9.17, 15) is 9.36 Å². The van der Waals surface area contributed by atoms with Gasteiger partial charge < -0.3 is 20.6 Å². The third-order valence-corrected chi connectivity index (χ3v) is 2.96. The zero-order valence-corrected chi connectivity index (χ0v) is 9.88. The number of rotatable bonds is 5. The Kier molecular flexibility index (Phi) is 4.42. The maximum absolute atomic E-state index is 10.7. The number of nitrogens with two attached hydrogens (primary N) is 1. The van der Waals surface area contributed by atoms with Crippen molar-refractivity contribution in [3.63, 3.8) is 0 Å². The van der Waals surface area contributed by atoms with Crippen LogP contribution in [0.4, 0.5) is 0 Å². The van der Waals surface area contributed by atoms with Gasteiger partial charge in [-0.1, -0.05) is 24.3 Å². The van der Waals surface area contributed by atoms with Gasteiger partial charge in [0.1, 0.15) is 6.04 Å². The number of carbonyl (C=O) groups is 1. The highest BCUT2D eigenvalue weighted by atomic mass is 31.2. The van der Waals surface area contributed by atoms with E-state index in [1.165, 1.54) is 0 Å². The Morgan fingerprint density at radius 2 is 1.71 bits per heavy atom. The third kappa shape index (κ3) is 5.10. The first-order valence-corrected chi connectivity index (χ1v) is 6.68. The van der Waals surface area contributed by atoms with E-state index < -0.39 is 19.6 Å². The van der Waals surface area contributed by atoms with Gasteiger partial charge in [0, 0.05) is 0 Å². The fraction of sp³-hybridized carbons (Fsp3) is 0.300. The summed E-state index contributed by atoms with van der Waals surface area (Å²) < 4.78 is 10.7. The molecule has 0 saturated heterocycles. The summed E-state index contributed by atoms with van der Waals surface area (Å²) in [4.78, 5) is 28.1. The largest absolute Gasteiger partial charge is 0.480 e. The van der Waals surface area contributed by atoms with Crippen molar-refractivity contribution in [2.45, 2.75) is 18.6 Å². The molecule has 94 valence electrons. The van der Waals surface area contributed by atoms with Crippen LogP contribution in [0.15, 0.2) is 24.3 Å². The van der Waals surface area contributed by atoms with Gasteiger partial charge in [0.2, 0.25) is 0 Å². The molecule has 0 heterocycles. The third-order valence-electron chi connectivity index (χ3n) is 2.18. The van der Waals surface area contributed by atoms with Crippen LogP contribution in [-0.4, -0.2) is 26.9 Å². The van der Waals surface area contributed by atoms with Crippen LogP contribution in [-0.2, 0) is 21.9 Å². The fourth-order valence-electron chi connectivity index (χ4n) is 1.36. The number of hydrogen-bond donors (Lipinski definition) is 4. The van der Waals surface area contributed by atoms with Gasteiger partial charge in [-0.15, -0.1) is 0 Å². The smallest absolute Gasteiger partial charge is 0.329 e. The minimum absolute atomic E-state index is 0.186. The lowest BCUT2D eigenvalue weighted by molar-refractivity contribution is -0.138. The molecule has 0 radical (unpaired) electrons. The first-order valence-electron chi connectivity index (χ1n) is 4.89. The number of aliphatic carboxylic acids is 1. The summed E-state index contributed by atoms with van der Waals surface area (Å²) in [6.07, 6.45) is -0.135. The molecular weight excluding hydrogens is 245 g/mol. The van der Waals surface area contributed by atoms with Crippen LogP contribution in [0, 0.1) is 0 Å². The minimum Gasteiger partial charge on any atom is -0.480 e. The van der Waals surface area contributed by atoms with Crippen LogP contribution in [0.25, 0.3) is 0 Å². The lowest BCUT2D eigenvalue weighted by Gasteiger charge is -2.08. The van der Waals surface area contributed by atoms with Crippen molar-refractivity contribution >= 4 is 13.6 Å². The summed E-state index contributed by atoms with van der Waals surface area (Å²) in [5, 5.41) is 8.62. The van der Waals surface area contributed by atoms with Crippen LogP contribution in [0.5, 0.6) is 0 Å². The molecule has 1 atom stereocenters. The van der Waals surface area contributed by atoms with Gasteiger partial charge in [-0.3, -0.25) is 9.36 Å². The molecule has 0 fully saturated rings. The lowest BCUT2D eigenvalue weighted by atomic mass is 10.1. The highest BCUT2D eigenvalue weighted by Crippen LogP contribution is 2.38. The number of benzene rings is 1. The maximum atomic E-state index is 10.7. The van der Waals surface area contributed by atoms with E-state index in [4.69, 9.17) is 20.6 Å². The SMILES string of the molecule is N[C@@H](Cc1ccc(CP(=O)(O)O)cc1)C(=O)O. The van der Waals surface area contributed by atoms with Crippen LogP contribution >= 0.6 is 7.60 Å². The van der Waals surface area contributed by atoms with Gasteiger partial charge >= 0.3 is 13.6 Å². The monoisotopic (exact) mass is 259 g/mol. The van der Waals surface area contributed by atoms with Crippen LogP contribution in [0.1, 0.15) is 11.1 Å². The van der Waals surface area contributed by atoms with Gasteiger partial charge in [0.15, 0.2) is 0 Å². The Labute approximate surface area is 98.2 Å². The Hall–Kier alpha value is -1.20. The molecule has 0 aliphatic carbocycles. The average molecular weight is 259 g/mol. The summed E-state index contributed by atoms with van der Waals surface area (Å²) in [5.41, 5.74) is 6.59. The molecule has 1 aromatic carbocycles. The van der Waals surface area contributed by atoms with Crippen LogP contribution < -0.4 is 5.73 Å². The Morgan fingerprint density at radius 3 is 2.12 bits per heavy atom. The van der Waals surface area contributed by atoms with Crippen molar-refractivity contribution in [1.29, 1.82) is 0 Å². The van der Waals surface area contributed by atoms with E-state index in [2.05, 4.69) is 0 Å². The van der Waals surface area contributed by atoms with E-state index in [0.717, 1.165) is 5.56 Å². The first-order chi connectivity index (χ1) is 7.78. The lowest BCUT2D eigenvalue weighted by Crippen LogP contribution is -2.32. The van der Waals surface area contributed by atoms with E-state index in [-0.39, 0.29) is 12.6 Å². The summed E-state index contributed by atoms with van der Waals surface area (Å²) in [7, 11) is -4.06. The summed E-state index contributed by atoms with van der Waals surface area (Å²) in [6.45, 7) is 0. The normalized spacial score (nSPS) is 13.4. The highest BCUT2D eigenvalue weighted by Gasteiger charge is 2.15. The van der Waals surface area contributed by atoms with Gasteiger partial charge in [-0.2, -0.15) is 0 Å². The van der Waals surface area contributed by atoms with Crippen molar-refractivity contribution in [2.75, 3.05) is 0 Å². The van der Waals surface area contributed by atoms with E-state index in [1.807, 2.05) is 0 Å². The second-order valence-corrected chi connectivity index (χ2v) is 5.43. The molecule has 7 heteroatoms. The fourth-order valence-corrected chi connectivity index (χ4v) is 2.05. The molecule has 0 aliphatic rings. The molecule has 0 unspecified atom stereocenters. The molecular formula is C10H14NO5P. The van der Waals surface area contributed by atoms with Gasteiger partial charge in [0.05, 0.1) is 6.16 Å². The van der Waals surface area contributed by atoms with Crippen molar-refractivity contribution in [3.8, 4) is 0 Å². The second-order valence-electron chi connectivity index (χ2n) is 3.79. The quantitative estimate of drug-likeness (QED) is 0.565. The second kappa shape index (κ2) is 5.42. The summed E-state index contributed by atoms with van der Waals surface area (Å²) >= 11 is 0. The van der Waals surface area contributed by atoms with Crippen molar-refractivity contribution in [3.05, 3.63) is 35.4 Å². The van der Waals surface area contributed by atoms with Gasteiger partial charge in [-0.25, -0.2) is 0 Å². The topological polar surface area (TPSA) is 121 Å². The minimum atomic E-state index is -4.06. The number of carboxylic acids is 1. The standard InChI is InChI=1S/C10H14NO5P/c11-9(10(12)13)5-7-1-3-8(4-2-7)6-17(14,15)16/h1-4,9H,5-6,11H2,(H,12,13)(H2,14,15,16)/t9-/m0/s1. The number of carboxylic acid groups (broad SMARTS) is 1. The van der Waals surface area contributed by atoms with E-state index in [1.54, 1.807) is 24.3 Å². The molecule has 5 N–H and O–H groups in total. The molecule has 0 aliphatic heterocycles. The Balaban J connectivity index is 2.68. The van der Waals surface area contributed by atoms with Crippen molar-refractivity contribution < 1.29 is 24.3 Å². The Bertz CT molecular complexity index is 439. The van der Waals surface area contributed by atoms with Crippen LogP contribution in [0.3, 0.4) is 0 Å². The molecule has 1 aromatic rings. The molecule has 0 amide bonds. The van der Waals surface area contributed by atoms with Gasteiger partial charge in [0.25, 0.3) is 0 Å². The molecule has 1 rings (SSSR count). The maximum Gasteiger partial charge on any atom is 0.329 e. The molecule has 6 nitrogen and oxygen atoms in total. The van der Waals surface area contributed by atoms with E-state index in [0.29, 0.717) is 5.56 Å². The average Bonchev–Trinajstić information content (AvgIpc) is 2.18. The molecule has 0 bridgehead atoms. The first kappa shape index (κ1) is 13.9. The summed E-state index contributed by atoms with van der Waals surface area (Å²) in [5.74, 6) is -1.08. The molecule has 0 saturated carbocycles. The predicted octanol–water partition coefficient (Wildman–Crippen LogP) is 0.319. The van der Waals surface area contributed by atoms with Crippen molar-refractivity contribution in [2.24, 2.45) is 5.73 Å². The Morgan fingerprint density at radius 1 is 1.24 bits per heavy atom. The van der Waals surface area contributed by atoms with Crippen LogP contribution in [0.2, 0.25) is 0 Å². The van der Waals surface area contributed by atoms with E-state index >= 15 is 0 Å². The zero-order valence-electron chi connectivity index (χ0n) is 8.98. The molecule has 17 heavy (non-hydrogen) atoms. The molecule has 0 spiro atoms. The van der Waals surface area contributed by atoms with Crippen molar-refractivity contribution in [1.82, 2.24) is 0 Å².